The normalized spacial score (nSPS) is 16.6. The number of ketones is 1. The third-order valence-corrected chi connectivity index (χ3v) is 6.24. The molecule has 0 aromatic heterocycles. The van der Waals surface area contributed by atoms with Gasteiger partial charge in [0.2, 0.25) is 0 Å². The zero-order chi connectivity index (χ0) is 20.9. The number of nitrogens with zero attached hydrogens (tertiary/aromatic N) is 1. The predicted molar refractivity (Wildman–Crippen MR) is 118 cm³/mol. The molecule has 0 aliphatic carbocycles. The molecule has 4 heteroatoms. The number of carbonyl (C=O) groups excluding carboxylic acids is 1. The van der Waals surface area contributed by atoms with Crippen LogP contribution in [0.25, 0.3) is 10.8 Å². The largest absolute Gasteiger partial charge is 0.388 e. The van der Waals surface area contributed by atoms with Gasteiger partial charge in [-0.2, -0.15) is 0 Å². The molecule has 4 rings (SSSR count). The fraction of sp³-hybridized carbons (Fsp3) is 0.346. The van der Waals surface area contributed by atoms with Gasteiger partial charge in [-0.3, -0.25) is 4.79 Å². The minimum absolute atomic E-state index is 0.0663. The van der Waals surface area contributed by atoms with Crippen LogP contribution in [0.1, 0.15) is 47.7 Å². The molecule has 0 bridgehead atoms. The van der Waals surface area contributed by atoms with Crippen molar-refractivity contribution >= 4 is 16.6 Å². The highest BCUT2D eigenvalue weighted by molar-refractivity contribution is 5.95. The number of Topliss-reactive ketones (excluding diaryl/α,β-unsaturated/α-hetero) is 1. The summed E-state index contributed by atoms with van der Waals surface area (Å²) in [6.07, 6.45) is 2.76. The standard InChI is InChI=1S/C26H28FNO2/c27-24-11-9-20(10-12-24)25(29)6-3-15-28-16-13-21(14-17-28)26(30)23-8-7-19-4-1-2-5-22(19)18-23/h1-2,4-5,7-12,18,21,26,30H,3,6,13-17H2. The average molecular weight is 406 g/mol. The van der Waals surface area contributed by atoms with Gasteiger partial charge in [0.15, 0.2) is 5.78 Å². The van der Waals surface area contributed by atoms with Crippen LogP contribution in [0.2, 0.25) is 0 Å². The summed E-state index contributed by atoms with van der Waals surface area (Å²) in [6.45, 7) is 2.77. The van der Waals surface area contributed by atoms with Gasteiger partial charge >= 0.3 is 0 Å². The number of likely N-dealkylation sites (tertiary alicyclic amines) is 1. The van der Waals surface area contributed by atoms with Gasteiger partial charge < -0.3 is 10.0 Å². The van der Waals surface area contributed by atoms with Crippen molar-refractivity contribution in [2.75, 3.05) is 19.6 Å². The number of aliphatic hydroxyl groups is 1. The monoisotopic (exact) mass is 405 g/mol. The fourth-order valence-electron chi connectivity index (χ4n) is 4.40. The van der Waals surface area contributed by atoms with E-state index in [4.69, 9.17) is 0 Å². The smallest absolute Gasteiger partial charge is 0.162 e. The number of rotatable bonds is 7. The van der Waals surface area contributed by atoms with E-state index in [0.717, 1.165) is 49.8 Å². The van der Waals surface area contributed by atoms with Crippen molar-refractivity contribution in [1.82, 2.24) is 4.90 Å². The van der Waals surface area contributed by atoms with Gasteiger partial charge in [-0.05, 0) is 91.5 Å². The second-order valence-electron chi connectivity index (χ2n) is 8.26. The lowest BCUT2D eigenvalue weighted by molar-refractivity contribution is 0.0584. The second-order valence-corrected chi connectivity index (χ2v) is 8.26. The number of halogens is 1. The molecule has 0 amide bonds. The summed E-state index contributed by atoms with van der Waals surface area (Å²) in [5.74, 6) is 0.0140. The highest BCUT2D eigenvalue weighted by atomic mass is 19.1. The van der Waals surface area contributed by atoms with Crippen molar-refractivity contribution in [2.45, 2.75) is 31.8 Å². The Morgan fingerprint density at radius 2 is 1.70 bits per heavy atom. The maximum Gasteiger partial charge on any atom is 0.162 e. The first-order valence-electron chi connectivity index (χ1n) is 10.8. The molecule has 30 heavy (non-hydrogen) atoms. The SMILES string of the molecule is O=C(CCCN1CCC(C(O)c2ccc3ccccc3c2)CC1)c1ccc(F)cc1. The van der Waals surface area contributed by atoms with E-state index in [2.05, 4.69) is 29.2 Å². The van der Waals surface area contributed by atoms with Gasteiger partial charge in [0.25, 0.3) is 0 Å². The lowest BCUT2D eigenvalue weighted by Gasteiger charge is -2.34. The molecule has 3 aromatic rings. The van der Waals surface area contributed by atoms with E-state index >= 15 is 0 Å². The number of hydrogen-bond acceptors (Lipinski definition) is 3. The van der Waals surface area contributed by atoms with E-state index in [9.17, 15) is 14.3 Å². The second kappa shape index (κ2) is 9.50. The first-order chi connectivity index (χ1) is 14.6. The minimum atomic E-state index is -0.434. The van der Waals surface area contributed by atoms with Gasteiger partial charge in [0, 0.05) is 12.0 Å². The Hall–Kier alpha value is -2.56. The zero-order valence-corrected chi connectivity index (χ0v) is 17.1. The Morgan fingerprint density at radius 1 is 1.00 bits per heavy atom. The van der Waals surface area contributed by atoms with E-state index in [1.165, 1.54) is 17.5 Å². The van der Waals surface area contributed by atoms with Crippen molar-refractivity contribution in [3.8, 4) is 0 Å². The summed E-state index contributed by atoms with van der Waals surface area (Å²) in [7, 11) is 0. The maximum absolute atomic E-state index is 13.0. The molecule has 0 saturated carbocycles. The molecule has 1 heterocycles. The van der Waals surface area contributed by atoms with Gasteiger partial charge in [-0.25, -0.2) is 4.39 Å². The molecule has 1 aliphatic rings. The summed E-state index contributed by atoms with van der Waals surface area (Å²) < 4.78 is 13.0. The van der Waals surface area contributed by atoms with Crippen molar-refractivity contribution in [2.24, 2.45) is 5.92 Å². The Kier molecular flexibility index (Phi) is 6.56. The quantitative estimate of drug-likeness (QED) is 0.536. The van der Waals surface area contributed by atoms with E-state index in [1.807, 2.05) is 18.2 Å². The molecule has 3 nitrogen and oxygen atoms in total. The summed E-state index contributed by atoms with van der Waals surface area (Å²) in [6, 6.07) is 20.2. The number of piperidine rings is 1. The Bertz CT molecular complexity index is 993. The molecule has 3 aromatic carbocycles. The first-order valence-corrected chi connectivity index (χ1v) is 10.8. The molecule has 1 aliphatic heterocycles. The van der Waals surface area contributed by atoms with E-state index in [1.54, 1.807) is 12.1 Å². The molecular weight excluding hydrogens is 377 g/mol. The number of aliphatic hydroxyl groups excluding tert-OH is 1. The lowest BCUT2D eigenvalue weighted by atomic mass is 9.86. The topological polar surface area (TPSA) is 40.5 Å². The van der Waals surface area contributed by atoms with Crippen LogP contribution in [0.3, 0.4) is 0 Å². The Labute approximate surface area is 177 Å². The molecule has 0 spiro atoms. The van der Waals surface area contributed by atoms with Crippen LogP contribution in [0.15, 0.2) is 66.7 Å². The molecule has 156 valence electrons. The third kappa shape index (κ3) is 4.94. The first kappa shape index (κ1) is 20.7. The Balaban J connectivity index is 1.24. The highest BCUT2D eigenvalue weighted by Gasteiger charge is 2.26. The molecule has 1 N–H and O–H groups in total. The molecule has 1 saturated heterocycles. The molecule has 1 fully saturated rings. The number of fused-ring (bicyclic) bond motifs is 1. The molecule has 1 unspecified atom stereocenters. The van der Waals surface area contributed by atoms with Crippen LogP contribution in [0.5, 0.6) is 0 Å². The van der Waals surface area contributed by atoms with Crippen LogP contribution < -0.4 is 0 Å². The number of hydrogen-bond donors (Lipinski definition) is 1. The summed E-state index contributed by atoms with van der Waals surface area (Å²) in [5, 5.41) is 13.3. The molecule has 1 atom stereocenters. The van der Waals surface area contributed by atoms with E-state index in [0.29, 0.717) is 12.0 Å². The van der Waals surface area contributed by atoms with Crippen LogP contribution in [-0.2, 0) is 0 Å². The minimum Gasteiger partial charge on any atom is -0.388 e. The van der Waals surface area contributed by atoms with Gasteiger partial charge in [0.05, 0.1) is 6.10 Å². The summed E-state index contributed by atoms with van der Waals surface area (Å²) in [5.41, 5.74) is 1.57. The molecule has 0 radical (unpaired) electrons. The summed E-state index contributed by atoms with van der Waals surface area (Å²) in [4.78, 5) is 14.6. The van der Waals surface area contributed by atoms with Crippen LogP contribution in [-0.4, -0.2) is 35.4 Å². The predicted octanol–water partition coefficient (Wildman–Crippen LogP) is 5.39. The lowest BCUT2D eigenvalue weighted by Crippen LogP contribution is -2.36. The Morgan fingerprint density at radius 3 is 2.43 bits per heavy atom. The molecular formula is C26H28FNO2. The van der Waals surface area contributed by atoms with Crippen molar-refractivity contribution in [1.29, 1.82) is 0 Å². The van der Waals surface area contributed by atoms with Crippen molar-refractivity contribution < 1.29 is 14.3 Å². The van der Waals surface area contributed by atoms with E-state index in [-0.39, 0.29) is 17.5 Å². The van der Waals surface area contributed by atoms with Crippen LogP contribution in [0.4, 0.5) is 4.39 Å². The van der Waals surface area contributed by atoms with Gasteiger partial charge in [-0.15, -0.1) is 0 Å². The average Bonchev–Trinajstić information content (AvgIpc) is 2.79. The van der Waals surface area contributed by atoms with Crippen molar-refractivity contribution in [3.05, 3.63) is 83.7 Å². The van der Waals surface area contributed by atoms with Gasteiger partial charge in [-0.1, -0.05) is 36.4 Å². The van der Waals surface area contributed by atoms with Crippen LogP contribution >= 0.6 is 0 Å². The number of benzene rings is 3. The zero-order valence-electron chi connectivity index (χ0n) is 17.1. The summed E-state index contributed by atoms with van der Waals surface area (Å²) >= 11 is 0. The van der Waals surface area contributed by atoms with E-state index < -0.39 is 6.10 Å². The third-order valence-electron chi connectivity index (χ3n) is 6.24. The number of carbonyl (C=O) groups is 1. The van der Waals surface area contributed by atoms with Crippen LogP contribution in [0, 0.1) is 11.7 Å². The fourth-order valence-corrected chi connectivity index (χ4v) is 4.40. The highest BCUT2D eigenvalue weighted by Crippen LogP contribution is 2.32. The van der Waals surface area contributed by atoms with Crippen molar-refractivity contribution in [3.63, 3.8) is 0 Å². The maximum atomic E-state index is 13.0. The van der Waals surface area contributed by atoms with Gasteiger partial charge in [0.1, 0.15) is 5.82 Å².